The van der Waals surface area contributed by atoms with Crippen LogP contribution < -0.4 is 10.2 Å². The summed E-state index contributed by atoms with van der Waals surface area (Å²) in [5.41, 5.74) is 3.03. The highest BCUT2D eigenvalue weighted by Gasteiger charge is 2.26. The number of benzene rings is 1. The highest BCUT2D eigenvalue weighted by atomic mass is 32.1. The van der Waals surface area contributed by atoms with Crippen molar-refractivity contribution >= 4 is 32.7 Å². The molecule has 1 saturated heterocycles. The molecular formula is C23H29N5OS. The first kappa shape index (κ1) is 20.8. The summed E-state index contributed by atoms with van der Waals surface area (Å²) in [6.45, 7) is 3.48. The number of rotatable bonds is 7. The van der Waals surface area contributed by atoms with Gasteiger partial charge in [0.2, 0.25) is 5.91 Å². The van der Waals surface area contributed by atoms with Crippen molar-refractivity contribution < 1.29 is 4.79 Å². The van der Waals surface area contributed by atoms with Crippen molar-refractivity contribution in [3.8, 4) is 11.3 Å². The first-order valence-corrected chi connectivity index (χ1v) is 11.4. The van der Waals surface area contributed by atoms with Crippen molar-refractivity contribution in [1.82, 2.24) is 20.2 Å². The number of carbonyl (C=O) groups is 1. The molecular weight excluding hydrogens is 394 g/mol. The molecule has 0 radical (unpaired) electrons. The van der Waals surface area contributed by atoms with Crippen LogP contribution in [0.1, 0.15) is 19.3 Å². The summed E-state index contributed by atoms with van der Waals surface area (Å²) in [7, 11) is 4.11. The summed E-state index contributed by atoms with van der Waals surface area (Å²) in [5, 5.41) is 4.11. The molecule has 1 N–H and O–H groups in total. The minimum Gasteiger partial charge on any atom is -0.356 e. The topological polar surface area (TPSA) is 61.4 Å². The Morgan fingerprint density at radius 2 is 1.90 bits per heavy atom. The van der Waals surface area contributed by atoms with Gasteiger partial charge in [-0.05, 0) is 52.0 Å². The number of pyridine rings is 1. The number of carbonyl (C=O) groups excluding carboxylic acids is 1. The summed E-state index contributed by atoms with van der Waals surface area (Å²) in [6, 6.07) is 14.3. The largest absolute Gasteiger partial charge is 0.356 e. The van der Waals surface area contributed by atoms with Crippen LogP contribution in [0.2, 0.25) is 0 Å². The fraction of sp³-hybridized carbons (Fsp3) is 0.435. The van der Waals surface area contributed by atoms with E-state index >= 15 is 0 Å². The molecule has 1 aliphatic heterocycles. The number of piperidine rings is 1. The number of nitrogens with one attached hydrogen (secondary N) is 1. The number of hydrogen-bond donors (Lipinski definition) is 1. The van der Waals surface area contributed by atoms with Crippen LogP contribution in [0.3, 0.4) is 0 Å². The summed E-state index contributed by atoms with van der Waals surface area (Å²) < 4.78 is 0. The van der Waals surface area contributed by atoms with Gasteiger partial charge in [0, 0.05) is 31.1 Å². The van der Waals surface area contributed by atoms with E-state index < -0.39 is 0 Å². The Morgan fingerprint density at radius 3 is 2.63 bits per heavy atom. The van der Waals surface area contributed by atoms with E-state index in [1.54, 1.807) is 11.3 Å². The van der Waals surface area contributed by atoms with Gasteiger partial charge in [0.25, 0.3) is 0 Å². The second-order valence-electron chi connectivity index (χ2n) is 8.09. The van der Waals surface area contributed by atoms with Gasteiger partial charge >= 0.3 is 0 Å². The van der Waals surface area contributed by atoms with Gasteiger partial charge in [0.15, 0.2) is 5.13 Å². The zero-order chi connectivity index (χ0) is 20.9. The standard InChI is InChI=1S/C23H29N5OS/c1-27(2)14-6-13-24-21(29)18-11-15-28(16-12-18)23-26-20-10-9-19(25-22(20)30-23)17-7-4-3-5-8-17/h3-5,7-10,18H,6,11-16H2,1-2H3,(H,24,29). The third kappa shape index (κ3) is 4.96. The van der Waals surface area contributed by atoms with E-state index in [1.807, 2.05) is 24.3 Å². The number of thiazole rings is 1. The second kappa shape index (κ2) is 9.53. The number of fused-ring (bicyclic) bond motifs is 1. The summed E-state index contributed by atoms with van der Waals surface area (Å²) in [5.74, 6) is 0.310. The van der Waals surface area contributed by atoms with Crippen LogP contribution in [0.4, 0.5) is 5.13 Å². The van der Waals surface area contributed by atoms with Gasteiger partial charge in [-0.25, -0.2) is 9.97 Å². The van der Waals surface area contributed by atoms with Crippen LogP contribution in [0.25, 0.3) is 21.6 Å². The van der Waals surface area contributed by atoms with Crippen LogP contribution in [0.5, 0.6) is 0 Å². The van der Waals surface area contributed by atoms with E-state index in [0.29, 0.717) is 0 Å². The molecule has 6 nitrogen and oxygen atoms in total. The van der Waals surface area contributed by atoms with Crippen LogP contribution in [0, 0.1) is 5.92 Å². The molecule has 7 heteroatoms. The van der Waals surface area contributed by atoms with Gasteiger partial charge in [-0.15, -0.1) is 0 Å². The van der Waals surface area contributed by atoms with Gasteiger partial charge in [-0.2, -0.15) is 0 Å². The lowest BCUT2D eigenvalue weighted by molar-refractivity contribution is -0.125. The number of anilines is 1. The lowest BCUT2D eigenvalue weighted by atomic mass is 9.96. The predicted octanol–water partition coefficient (Wildman–Crippen LogP) is 3.64. The molecule has 158 valence electrons. The molecule has 1 aliphatic rings. The molecule has 30 heavy (non-hydrogen) atoms. The predicted molar refractivity (Wildman–Crippen MR) is 124 cm³/mol. The third-order valence-corrected chi connectivity index (χ3v) is 6.56. The van der Waals surface area contributed by atoms with Crippen molar-refractivity contribution in [2.24, 2.45) is 5.92 Å². The summed E-state index contributed by atoms with van der Waals surface area (Å²) in [4.78, 5) is 27.4. The van der Waals surface area contributed by atoms with E-state index in [9.17, 15) is 4.79 Å². The van der Waals surface area contributed by atoms with E-state index in [-0.39, 0.29) is 11.8 Å². The highest BCUT2D eigenvalue weighted by molar-refractivity contribution is 7.21. The average molecular weight is 424 g/mol. The van der Waals surface area contributed by atoms with E-state index in [4.69, 9.17) is 9.97 Å². The molecule has 3 heterocycles. The Bertz CT molecular complexity index is 980. The first-order valence-electron chi connectivity index (χ1n) is 10.6. The Hall–Kier alpha value is -2.51. The van der Waals surface area contributed by atoms with E-state index in [2.05, 4.69) is 47.4 Å². The fourth-order valence-corrected chi connectivity index (χ4v) is 4.79. The lowest BCUT2D eigenvalue weighted by Crippen LogP contribution is -2.41. The molecule has 0 spiro atoms. The maximum Gasteiger partial charge on any atom is 0.223 e. The van der Waals surface area contributed by atoms with Crippen LogP contribution in [-0.4, -0.2) is 61.0 Å². The highest BCUT2D eigenvalue weighted by Crippen LogP contribution is 2.32. The molecule has 1 fully saturated rings. The molecule has 0 saturated carbocycles. The van der Waals surface area contributed by atoms with Crippen molar-refractivity contribution in [2.45, 2.75) is 19.3 Å². The monoisotopic (exact) mass is 423 g/mol. The zero-order valence-corrected chi connectivity index (χ0v) is 18.5. The van der Waals surface area contributed by atoms with Crippen molar-refractivity contribution in [1.29, 1.82) is 0 Å². The second-order valence-corrected chi connectivity index (χ2v) is 9.05. The van der Waals surface area contributed by atoms with Gasteiger partial charge in [-0.1, -0.05) is 41.7 Å². The third-order valence-electron chi connectivity index (χ3n) is 5.53. The van der Waals surface area contributed by atoms with Crippen molar-refractivity contribution in [3.05, 3.63) is 42.5 Å². The molecule has 0 unspecified atom stereocenters. The van der Waals surface area contributed by atoms with Crippen molar-refractivity contribution in [3.63, 3.8) is 0 Å². The van der Waals surface area contributed by atoms with Gasteiger partial charge in [0.1, 0.15) is 10.3 Å². The van der Waals surface area contributed by atoms with E-state index in [1.165, 1.54) is 0 Å². The maximum atomic E-state index is 12.4. The molecule has 1 aromatic carbocycles. The minimum absolute atomic E-state index is 0.109. The lowest BCUT2D eigenvalue weighted by Gasteiger charge is -2.31. The average Bonchev–Trinajstić information content (AvgIpc) is 3.20. The van der Waals surface area contributed by atoms with Gasteiger partial charge in [-0.3, -0.25) is 4.79 Å². The number of hydrogen-bond acceptors (Lipinski definition) is 6. The summed E-state index contributed by atoms with van der Waals surface area (Å²) >= 11 is 1.64. The molecule has 0 aliphatic carbocycles. The van der Waals surface area contributed by atoms with Gasteiger partial charge in [0.05, 0.1) is 5.69 Å². The molecule has 2 aromatic heterocycles. The fourth-order valence-electron chi connectivity index (χ4n) is 3.79. The maximum absolute atomic E-state index is 12.4. The Balaban J connectivity index is 1.35. The van der Waals surface area contributed by atoms with Crippen LogP contribution in [-0.2, 0) is 4.79 Å². The number of nitrogens with zero attached hydrogens (tertiary/aromatic N) is 4. The van der Waals surface area contributed by atoms with Crippen LogP contribution >= 0.6 is 11.3 Å². The minimum atomic E-state index is 0.109. The first-order chi connectivity index (χ1) is 14.6. The Kier molecular flexibility index (Phi) is 6.59. The quantitative estimate of drug-likeness (QED) is 0.588. The van der Waals surface area contributed by atoms with Gasteiger partial charge < -0.3 is 15.1 Å². The molecule has 1 amide bonds. The molecule has 0 bridgehead atoms. The van der Waals surface area contributed by atoms with E-state index in [0.717, 1.165) is 72.2 Å². The molecule has 3 aromatic rings. The van der Waals surface area contributed by atoms with Crippen molar-refractivity contribution in [2.75, 3.05) is 45.2 Å². The molecule has 0 atom stereocenters. The SMILES string of the molecule is CN(C)CCCNC(=O)C1CCN(c2nc3ccc(-c4ccccc4)nc3s2)CC1. The Morgan fingerprint density at radius 1 is 1.13 bits per heavy atom. The number of aromatic nitrogens is 2. The summed E-state index contributed by atoms with van der Waals surface area (Å²) in [6.07, 6.45) is 2.73. The smallest absolute Gasteiger partial charge is 0.223 e. The zero-order valence-electron chi connectivity index (χ0n) is 17.7. The Labute approximate surface area is 181 Å². The number of amides is 1. The molecule has 4 rings (SSSR count). The van der Waals surface area contributed by atoms with Crippen LogP contribution in [0.15, 0.2) is 42.5 Å². The normalized spacial score (nSPS) is 15.1.